The van der Waals surface area contributed by atoms with Gasteiger partial charge in [-0.15, -0.1) is 0 Å². The largest absolute Gasteiger partial charge is 0.300 e. The van der Waals surface area contributed by atoms with Gasteiger partial charge < -0.3 is 0 Å². The van der Waals surface area contributed by atoms with Gasteiger partial charge in [0.05, 0.1) is 6.04 Å². The van der Waals surface area contributed by atoms with E-state index in [-0.39, 0.29) is 12.1 Å². The summed E-state index contributed by atoms with van der Waals surface area (Å²) < 4.78 is 0. The average molecular weight is 337 g/mol. The normalized spacial score (nSPS) is 12.4. The van der Waals surface area contributed by atoms with E-state index >= 15 is 0 Å². The van der Waals surface area contributed by atoms with Crippen molar-refractivity contribution >= 4 is 10.8 Å². The third kappa shape index (κ3) is 3.54. The summed E-state index contributed by atoms with van der Waals surface area (Å²) in [5, 5.41) is 6.40. The summed E-state index contributed by atoms with van der Waals surface area (Å²) in [4.78, 5) is 0. The molecule has 0 radical (unpaired) electrons. The molecule has 1 nitrogen and oxygen atoms in total. The summed E-state index contributed by atoms with van der Waals surface area (Å²) in [7, 11) is 0. The molecule has 128 valence electrons. The van der Waals surface area contributed by atoms with Gasteiger partial charge in [0.2, 0.25) is 0 Å². The van der Waals surface area contributed by atoms with Gasteiger partial charge in [-0.25, -0.2) is 0 Å². The van der Waals surface area contributed by atoms with Crippen LogP contribution in [0.1, 0.15) is 35.7 Å². The van der Waals surface area contributed by atoms with E-state index in [1.165, 1.54) is 27.5 Å². The molecule has 1 atom stereocenters. The molecule has 4 aromatic rings. The molecule has 0 saturated carbocycles. The smallest absolute Gasteiger partial charge is 0.0581 e. The number of rotatable bonds is 5. The number of hydrogen-bond acceptors (Lipinski definition) is 1. The summed E-state index contributed by atoms with van der Waals surface area (Å²) in [5.41, 5.74) is 3.87. The van der Waals surface area contributed by atoms with Gasteiger partial charge in [0.1, 0.15) is 0 Å². The minimum absolute atomic E-state index is 0.166. The zero-order valence-corrected chi connectivity index (χ0v) is 15.0. The number of nitrogens with one attached hydrogen (secondary N) is 1. The van der Waals surface area contributed by atoms with Crippen LogP contribution in [0.4, 0.5) is 0 Å². The first-order valence-electron chi connectivity index (χ1n) is 9.16. The average Bonchev–Trinajstić information content (AvgIpc) is 2.72. The highest BCUT2D eigenvalue weighted by atomic mass is 14.9. The van der Waals surface area contributed by atoms with E-state index in [1.54, 1.807) is 0 Å². The maximum atomic E-state index is 3.83. The van der Waals surface area contributed by atoms with Crippen molar-refractivity contribution in [2.24, 2.45) is 0 Å². The minimum atomic E-state index is 0.166. The van der Waals surface area contributed by atoms with Crippen LogP contribution in [0.5, 0.6) is 0 Å². The monoisotopic (exact) mass is 337 g/mol. The van der Waals surface area contributed by atoms with E-state index in [0.29, 0.717) is 0 Å². The van der Waals surface area contributed by atoms with Gasteiger partial charge in [-0.05, 0) is 40.5 Å². The van der Waals surface area contributed by atoms with Crippen LogP contribution in [0.2, 0.25) is 0 Å². The molecule has 0 fully saturated rings. The molecular weight excluding hydrogens is 314 g/mol. The molecule has 0 saturated heterocycles. The van der Waals surface area contributed by atoms with Crippen LogP contribution >= 0.6 is 0 Å². The molecular formula is C25H23N. The van der Waals surface area contributed by atoms with Crippen LogP contribution in [0.25, 0.3) is 10.8 Å². The molecule has 0 aliphatic carbocycles. The van der Waals surface area contributed by atoms with Gasteiger partial charge in [-0.2, -0.15) is 0 Å². The number of benzene rings is 4. The molecule has 1 unspecified atom stereocenters. The van der Waals surface area contributed by atoms with Crippen LogP contribution < -0.4 is 5.32 Å². The third-order valence-corrected chi connectivity index (χ3v) is 4.96. The summed E-state index contributed by atoms with van der Waals surface area (Å²) in [6.07, 6.45) is 0. The van der Waals surface area contributed by atoms with Gasteiger partial charge in [0.15, 0.2) is 0 Å². The van der Waals surface area contributed by atoms with Crippen LogP contribution in [-0.4, -0.2) is 0 Å². The summed E-state index contributed by atoms with van der Waals surface area (Å²) in [6.45, 7) is 2.24. The second-order valence-corrected chi connectivity index (χ2v) is 6.75. The van der Waals surface area contributed by atoms with Crippen molar-refractivity contribution in [1.82, 2.24) is 5.32 Å². The quantitative estimate of drug-likeness (QED) is 0.452. The van der Waals surface area contributed by atoms with Crippen molar-refractivity contribution in [3.05, 3.63) is 120 Å². The van der Waals surface area contributed by atoms with Gasteiger partial charge in [0, 0.05) is 6.04 Å². The second-order valence-electron chi connectivity index (χ2n) is 6.75. The standard InChI is InChI=1S/C25H23N/c1-19(23-17-16-20-10-8-9-15-24(20)18-23)26-25(21-11-4-2-5-12-21)22-13-6-3-7-14-22/h2-19,25-26H,1H3. The fourth-order valence-electron chi connectivity index (χ4n) is 3.50. The van der Waals surface area contributed by atoms with E-state index in [2.05, 4.69) is 115 Å². The molecule has 0 bridgehead atoms. The Morgan fingerprint density at radius 3 is 1.69 bits per heavy atom. The van der Waals surface area contributed by atoms with Crippen molar-refractivity contribution in [3.63, 3.8) is 0 Å². The van der Waals surface area contributed by atoms with Crippen LogP contribution in [0.15, 0.2) is 103 Å². The summed E-state index contributed by atoms with van der Waals surface area (Å²) in [5.74, 6) is 0. The lowest BCUT2D eigenvalue weighted by molar-refractivity contribution is 0.517. The van der Waals surface area contributed by atoms with Crippen LogP contribution in [0.3, 0.4) is 0 Å². The predicted octanol–water partition coefficient (Wildman–Crippen LogP) is 6.28. The maximum absolute atomic E-state index is 3.83. The van der Waals surface area contributed by atoms with Crippen LogP contribution in [0, 0.1) is 0 Å². The molecule has 0 aliphatic heterocycles. The molecule has 0 amide bonds. The highest BCUT2D eigenvalue weighted by molar-refractivity contribution is 5.83. The highest BCUT2D eigenvalue weighted by Gasteiger charge is 2.17. The Morgan fingerprint density at radius 2 is 1.08 bits per heavy atom. The molecule has 0 aliphatic rings. The Hall–Kier alpha value is -2.90. The fourth-order valence-corrected chi connectivity index (χ4v) is 3.50. The van der Waals surface area contributed by atoms with E-state index in [1.807, 2.05) is 0 Å². The lowest BCUT2D eigenvalue weighted by atomic mass is 9.96. The molecule has 4 aromatic carbocycles. The van der Waals surface area contributed by atoms with Gasteiger partial charge in [-0.3, -0.25) is 5.32 Å². The maximum Gasteiger partial charge on any atom is 0.0581 e. The van der Waals surface area contributed by atoms with E-state index in [4.69, 9.17) is 0 Å². The Morgan fingerprint density at radius 1 is 0.538 bits per heavy atom. The SMILES string of the molecule is CC(NC(c1ccccc1)c1ccccc1)c1ccc2ccccc2c1. The lowest BCUT2D eigenvalue weighted by Crippen LogP contribution is -2.25. The Balaban J connectivity index is 1.66. The first-order chi connectivity index (χ1) is 12.8. The number of hydrogen-bond donors (Lipinski definition) is 1. The van der Waals surface area contributed by atoms with E-state index in [0.717, 1.165) is 0 Å². The first-order valence-corrected chi connectivity index (χ1v) is 9.16. The zero-order valence-electron chi connectivity index (χ0n) is 15.0. The van der Waals surface area contributed by atoms with Crippen molar-refractivity contribution in [1.29, 1.82) is 0 Å². The molecule has 0 heterocycles. The minimum Gasteiger partial charge on any atom is -0.300 e. The highest BCUT2D eigenvalue weighted by Crippen LogP contribution is 2.27. The summed E-state index contributed by atoms with van der Waals surface area (Å²) in [6, 6.07) is 37.0. The van der Waals surface area contributed by atoms with Crippen molar-refractivity contribution in [3.8, 4) is 0 Å². The molecule has 1 heteroatoms. The zero-order chi connectivity index (χ0) is 17.8. The van der Waals surface area contributed by atoms with Crippen molar-refractivity contribution in [2.75, 3.05) is 0 Å². The molecule has 0 aromatic heterocycles. The molecule has 26 heavy (non-hydrogen) atoms. The van der Waals surface area contributed by atoms with E-state index < -0.39 is 0 Å². The van der Waals surface area contributed by atoms with Gasteiger partial charge in [-0.1, -0.05) is 97.1 Å². The fraction of sp³-hybridized carbons (Fsp3) is 0.120. The third-order valence-electron chi connectivity index (χ3n) is 4.96. The Labute approximate surface area is 155 Å². The molecule has 0 spiro atoms. The van der Waals surface area contributed by atoms with Crippen molar-refractivity contribution in [2.45, 2.75) is 19.0 Å². The summed E-state index contributed by atoms with van der Waals surface area (Å²) >= 11 is 0. The number of fused-ring (bicyclic) bond motifs is 1. The second kappa shape index (κ2) is 7.55. The first kappa shape index (κ1) is 16.6. The van der Waals surface area contributed by atoms with Crippen LogP contribution in [-0.2, 0) is 0 Å². The van der Waals surface area contributed by atoms with Gasteiger partial charge >= 0.3 is 0 Å². The Bertz CT molecular complexity index is 937. The van der Waals surface area contributed by atoms with Crippen molar-refractivity contribution < 1.29 is 0 Å². The topological polar surface area (TPSA) is 12.0 Å². The Kier molecular flexibility index (Phi) is 4.81. The predicted molar refractivity (Wildman–Crippen MR) is 110 cm³/mol. The lowest BCUT2D eigenvalue weighted by Gasteiger charge is -2.25. The van der Waals surface area contributed by atoms with Gasteiger partial charge in [0.25, 0.3) is 0 Å². The van der Waals surface area contributed by atoms with E-state index in [9.17, 15) is 0 Å². The molecule has 4 rings (SSSR count). The molecule has 1 N–H and O–H groups in total.